The van der Waals surface area contributed by atoms with E-state index in [0.29, 0.717) is 0 Å². The minimum absolute atomic E-state index is 0.0200. The maximum Gasteiger partial charge on any atom is 0.344 e. The molecule has 2 aromatic carbocycles. The number of rotatable bonds is 3. The molecule has 0 aliphatic carbocycles. The number of carbonyl (C=O) groups excluding carboxylic acids is 1. The van der Waals surface area contributed by atoms with E-state index in [9.17, 15) is 23.8 Å². The molecule has 138 valence electrons. The third-order valence-electron chi connectivity index (χ3n) is 3.66. The summed E-state index contributed by atoms with van der Waals surface area (Å²) in [4.78, 5) is 16.3. The van der Waals surface area contributed by atoms with Gasteiger partial charge in [0.1, 0.15) is 27.9 Å². The molecule has 27 heavy (non-hydrogen) atoms. The predicted octanol–water partition coefficient (Wildman–Crippen LogP) is 4.47. The Kier molecular flexibility index (Phi) is 5.27. The molecule has 0 unspecified atom stereocenters. The number of aliphatic imine (C=N–C) groups is 1. The zero-order valence-corrected chi connectivity index (χ0v) is 14.8. The number of para-hydroxylation sites is 2. The molecule has 2 N–H and O–H groups in total. The number of halogens is 2. The van der Waals surface area contributed by atoms with Crippen LogP contribution in [0.1, 0.15) is 5.56 Å². The van der Waals surface area contributed by atoms with E-state index in [4.69, 9.17) is 0 Å². The Hall–Kier alpha value is -3.13. The van der Waals surface area contributed by atoms with Crippen LogP contribution in [0.25, 0.3) is 6.08 Å². The lowest BCUT2D eigenvalue weighted by atomic mass is 10.1. The second-order valence-electron chi connectivity index (χ2n) is 5.37. The highest BCUT2D eigenvalue weighted by Gasteiger charge is 2.33. The van der Waals surface area contributed by atoms with Gasteiger partial charge in [0.05, 0.1) is 12.0 Å². The number of aromatic hydroxyl groups is 1. The van der Waals surface area contributed by atoms with Crippen molar-refractivity contribution in [2.45, 2.75) is 0 Å². The lowest BCUT2D eigenvalue weighted by Gasteiger charge is -2.02. The van der Waals surface area contributed by atoms with Crippen molar-refractivity contribution in [1.82, 2.24) is 0 Å². The molecular weight excluding hydrogens is 376 g/mol. The summed E-state index contributed by atoms with van der Waals surface area (Å²) in [5, 5.41) is 20.3. The van der Waals surface area contributed by atoms with E-state index >= 15 is 0 Å². The Labute approximate surface area is 157 Å². The van der Waals surface area contributed by atoms with Crippen molar-refractivity contribution >= 4 is 34.5 Å². The highest BCUT2D eigenvalue weighted by atomic mass is 32.2. The van der Waals surface area contributed by atoms with Gasteiger partial charge < -0.3 is 14.9 Å². The van der Waals surface area contributed by atoms with Crippen LogP contribution in [-0.2, 0) is 9.53 Å². The van der Waals surface area contributed by atoms with Crippen molar-refractivity contribution in [3.05, 3.63) is 75.9 Å². The third-order valence-corrected chi connectivity index (χ3v) is 4.68. The summed E-state index contributed by atoms with van der Waals surface area (Å²) >= 11 is 0.869. The molecule has 0 saturated carbocycles. The summed E-state index contributed by atoms with van der Waals surface area (Å²) in [5.41, 5.74) is -0.169. The Morgan fingerprint density at radius 1 is 1.11 bits per heavy atom. The molecule has 1 aliphatic heterocycles. The third kappa shape index (κ3) is 3.70. The van der Waals surface area contributed by atoms with Crippen LogP contribution in [0, 0.1) is 11.6 Å². The van der Waals surface area contributed by atoms with Crippen LogP contribution in [0.5, 0.6) is 5.75 Å². The molecule has 3 rings (SSSR count). The lowest BCUT2D eigenvalue weighted by molar-refractivity contribution is -0.135. The molecule has 0 fully saturated rings. The smallest absolute Gasteiger partial charge is 0.344 e. The largest absolute Gasteiger partial charge is 0.506 e. The van der Waals surface area contributed by atoms with E-state index in [-0.39, 0.29) is 26.8 Å². The van der Waals surface area contributed by atoms with E-state index < -0.39 is 29.1 Å². The molecule has 0 atom stereocenters. The zero-order valence-electron chi connectivity index (χ0n) is 13.9. The second kappa shape index (κ2) is 7.63. The second-order valence-corrected chi connectivity index (χ2v) is 6.40. The van der Waals surface area contributed by atoms with Crippen LogP contribution in [0.3, 0.4) is 0 Å². The first-order chi connectivity index (χ1) is 12.9. The van der Waals surface area contributed by atoms with Crippen LogP contribution in [0.4, 0.5) is 14.5 Å². The van der Waals surface area contributed by atoms with Crippen molar-refractivity contribution < 1.29 is 28.5 Å². The Balaban J connectivity index is 2.10. The van der Waals surface area contributed by atoms with Gasteiger partial charge in [0.15, 0.2) is 11.6 Å². The van der Waals surface area contributed by atoms with Gasteiger partial charge >= 0.3 is 5.97 Å². The summed E-state index contributed by atoms with van der Waals surface area (Å²) in [5.74, 6) is -3.34. The fraction of sp³-hybridized carbons (Fsp3) is 0.0526. The van der Waals surface area contributed by atoms with Crippen molar-refractivity contribution in [3.8, 4) is 5.75 Å². The predicted molar refractivity (Wildman–Crippen MR) is 98.8 cm³/mol. The van der Waals surface area contributed by atoms with Gasteiger partial charge in [0.25, 0.3) is 0 Å². The van der Waals surface area contributed by atoms with Gasteiger partial charge in [0.2, 0.25) is 0 Å². The molecule has 0 radical (unpaired) electrons. The molecular formula is C19H13F2NO4S. The number of thioether (sulfide) groups is 1. The number of aliphatic hydroxyl groups is 1. The SMILES string of the molecule is COC(=O)C1=C(O)/C(=C\c2cccc(F)c2O)SC1=Nc1ccccc1F. The number of carbonyl (C=O) groups is 1. The van der Waals surface area contributed by atoms with E-state index in [1.165, 1.54) is 36.4 Å². The van der Waals surface area contributed by atoms with Gasteiger partial charge in [-0.1, -0.05) is 36.0 Å². The number of benzene rings is 2. The summed E-state index contributed by atoms with van der Waals surface area (Å²) in [6.45, 7) is 0. The van der Waals surface area contributed by atoms with Gasteiger partial charge in [-0.15, -0.1) is 0 Å². The Morgan fingerprint density at radius 3 is 2.52 bits per heavy atom. The number of hydrogen-bond donors (Lipinski definition) is 2. The van der Waals surface area contributed by atoms with Gasteiger partial charge in [-0.25, -0.2) is 18.6 Å². The van der Waals surface area contributed by atoms with Crippen molar-refractivity contribution in [2.24, 2.45) is 4.99 Å². The number of methoxy groups -OCH3 is 1. The monoisotopic (exact) mass is 389 g/mol. The molecule has 0 amide bonds. The maximum absolute atomic E-state index is 13.9. The van der Waals surface area contributed by atoms with Crippen LogP contribution in [-0.4, -0.2) is 28.3 Å². The number of hydrogen-bond acceptors (Lipinski definition) is 6. The quantitative estimate of drug-likeness (QED) is 0.757. The molecule has 2 aromatic rings. The van der Waals surface area contributed by atoms with Crippen LogP contribution in [0.15, 0.2) is 63.7 Å². The zero-order chi connectivity index (χ0) is 19.6. The molecule has 5 nitrogen and oxygen atoms in total. The maximum atomic E-state index is 13.9. The molecule has 0 spiro atoms. The molecule has 1 heterocycles. The van der Waals surface area contributed by atoms with Crippen LogP contribution < -0.4 is 0 Å². The highest BCUT2D eigenvalue weighted by molar-refractivity contribution is 8.18. The number of aliphatic hydroxyl groups excluding tert-OH is 1. The van der Waals surface area contributed by atoms with Gasteiger partial charge in [-0.05, 0) is 24.3 Å². The first-order valence-corrected chi connectivity index (χ1v) is 8.46. The lowest BCUT2D eigenvalue weighted by Crippen LogP contribution is -2.10. The minimum atomic E-state index is -0.859. The van der Waals surface area contributed by atoms with Gasteiger partial charge in [-0.2, -0.15) is 0 Å². The topological polar surface area (TPSA) is 79.1 Å². The Morgan fingerprint density at radius 2 is 1.81 bits per heavy atom. The fourth-order valence-corrected chi connectivity index (χ4v) is 3.35. The van der Waals surface area contributed by atoms with Gasteiger partial charge in [0, 0.05) is 5.56 Å². The molecule has 1 aliphatic rings. The number of ether oxygens (including phenoxy) is 1. The standard InChI is InChI=1S/C19H13F2NO4S/c1-26-19(25)15-17(24)14(9-10-5-4-7-12(21)16(10)23)27-18(15)22-13-8-3-2-6-11(13)20/h2-9,23-24H,1H3/b14-9+,22-18?. The molecule has 0 saturated heterocycles. The summed E-state index contributed by atoms with van der Waals surface area (Å²) < 4.78 is 32.1. The summed E-state index contributed by atoms with van der Waals surface area (Å²) in [6.07, 6.45) is 1.30. The average molecular weight is 389 g/mol. The minimum Gasteiger partial charge on any atom is -0.506 e. The number of esters is 1. The number of nitrogens with zero attached hydrogens (tertiary/aromatic N) is 1. The normalized spacial score (nSPS) is 17.0. The summed E-state index contributed by atoms with van der Waals surface area (Å²) in [6, 6.07) is 9.59. The number of phenols is 1. The molecule has 8 heteroatoms. The highest BCUT2D eigenvalue weighted by Crippen LogP contribution is 2.41. The van der Waals surface area contributed by atoms with E-state index in [1.54, 1.807) is 6.07 Å². The van der Waals surface area contributed by atoms with Gasteiger partial charge in [-0.3, -0.25) is 0 Å². The Bertz CT molecular complexity index is 1010. The van der Waals surface area contributed by atoms with Crippen LogP contribution >= 0.6 is 11.8 Å². The van der Waals surface area contributed by atoms with E-state index in [2.05, 4.69) is 9.73 Å². The van der Waals surface area contributed by atoms with Crippen molar-refractivity contribution in [2.75, 3.05) is 7.11 Å². The first-order valence-electron chi connectivity index (χ1n) is 7.65. The summed E-state index contributed by atoms with van der Waals surface area (Å²) in [7, 11) is 1.13. The van der Waals surface area contributed by atoms with E-state index in [0.717, 1.165) is 24.9 Å². The fourth-order valence-electron chi connectivity index (χ4n) is 2.33. The van der Waals surface area contributed by atoms with E-state index in [1.807, 2.05) is 0 Å². The van der Waals surface area contributed by atoms with Crippen molar-refractivity contribution in [3.63, 3.8) is 0 Å². The van der Waals surface area contributed by atoms with Crippen LogP contribution in [0.2, 0.25) is 0 Å². The molecule has 0 bridgehead atoms. The van der Waals surface area contributed by atoms with Crippen molar-refractivity contribution in [1.29, 1.82) is 0 Å². The first kappa shape index (κ1) is 18.7. The number of phenolic OH excluding ortho intramolecular Hbond substituents is 1. The molecule has 0 aromatic heterocycles. The average Bonchev–Trinajstić information content (AvgIpc) is 2.95.